The van der Waals surface area contributed by atoms with Crippen LogP contribution in [0.5, 0.6) is 5.75 Å². The van der Waals surface area contributed by atoms with Crippen LogP contribution in [0.1, 0.15) is 18.1 Å². The van der Waals surface area contributed by atoms with Crippen LogP contribution >= 0.6 is 24.0 Å². The topological polar surface area (TPSA) is 45.6 Å². The third-order valence-electron chi connectivity index (χ3n) is 3.57. The maximum absolute atomic E-state index is 13.8. The van der Waals surface area contributed by atoms with Gasteiger partial charge in [0.25, 0.3) is 0 Å². The van der Waals surface area contributed by atoms with Crippen LogP contribution in [0.15, 0.2) is 47.5 Å². The third kappa shape index (κ3) is 7.15. The van der Waals surface area contributed by atoms with Gasteiger partial charge in [-0.3, -0.25) is 4.99 Å². The molecule has 0 saturated carbocycles. The highest BCUT2D eigenvalue weighted by atomic mass is 127. The number of rotatable bonds is 7. The maximum Gasteiger partial charge on any atom is 0.191 e. The number of guanidine groups is 1. The molecule has 0 aliphatic heterocycles. The van der Waals surface area contributed by atoms with E-state index in [1.165, 1.54) is 18.2 Å². The molecule has 2 rings (SSSR count). The van der Waals surface area contributed by atoms with Crippen LogP contribution in [-0.4, -0.2) is 26.2 Å². The molecule has 2 aromatic carbocycles. The summed E-state index contributed by atoms with van der Waals surface area (Å²) in [6.45, 7) is 3.29. The molecule has 0 fully saturated rings. The van der Waals surface area contributed by atoms with E-state index in [-0.39, 0.29) is 41.4 Å². The second-order valence-electron chi connectivity index (χ2n) is 5.43. The number of benzene rings is 2. The molecule has 0 aromatic heterocycles. The van der Waals surface area contributed by atoms with Crippen molar-refractivity contribution in [1.29, 1.82) is 0 Å². The van der Waals surface area contributed by atoms with Gasteiger partial charge in [0.1, 0.15) is 5.82 Å². The van der Waals surface area contributed by atoms with Crippen molar-refractivity contribution < 1.29 is 13.5 Å². The summed E-state index contributed by atoms with van der Waals surface area (Å²) in [5.41, 5.74) is 1.70. The van der Waals surface area contributed by atoms with E-state index in [0.29, 0.717) is 32.1 Å². The monoisotopic (exact) mass is 475 g/mol. The van der Waals surface area contributed by atoms with Crippen molar-refractivity contribution in [3.8, 4) is 5.75 Å². The molecule has 0 amide bonds. The normalized spacial score (nSPS) is 10.8. The molecule has 0 aliphatic carbocycles. The number of nitrogens with zero attached hydrogens (tertiary/aromatic N) is 1. The molecular formula is C19H24F2IN3O. The van der Waals surface area contributed by atoms with E-state index < -0.39 is 0 Å². The first-order chi connectivity index (χ1) is 12.1. The smallest absolute Gasteiger partial charge is 0.191 e. The van der Waals surface area contributed by atoms with E-state index in [9.17, 15) is 8.78 Å². The summed E-state index contributed by atoms with van der Waals surface area (Å²) in [5.74, 6) is 0.238. The van der Waals surface area contributed by atoms with E-state index in [4.69, 9.17) is 4.74 Å². The Morgan fingerprint density at radius 2 is 1.88 bits per heavy atom. The Balaban J connectivity index is 0.00000338. The summed E-state index contributed by atoms with van der Waals surface area (Å²) in [5, 5.41) is 6.27. The van der Waals surface area contributed by atoms with Gasteiger partial charge in [-0.15, -0.1) is 24.0 Å². The molecule has 0 radical (unpaired) electrons. The van der Waals surface area contributed by atoms with Gasteiger partial charge in [0.15, 0.2) is 17.5 Å². The zero-order valence-corrected chi connectivity index (χ0v) is 17.2. The predicted octanol–water partition coefficient (Wildman–Crippen LogP) is 3.89. The van der Waals surface area contributed by atoms with E-state index >= 15 is 0 Å². The molecule has 0 unspecified atom stereocenters. The molecule has 0 aliphatic rings. The van der Waals surface area contributed by atoms with Crippen LogP contribution in [0, 0.1) is 11.6 Å². The number of nitrogens with one attached hydrogen (secondary N) is 2. The van der Waals surface area contributed by atoms with Crippen molar-refractivity contribution in [2.75, 3.05) is 20.2 Å². The Labute approximate surface area is 170 Å². The fourth-order valence-electron chi connectivity index (χ4n) is 2.35. The SMILES string of the molecule is CCOc1ccc(CNC(=NC)NCCc2cccc(F)c2)cc1F.I. The van der Waals surface area contributed by atoms with Crippen LogP contribution in [0.4, 0.5) is 8.78 Å². The highest BCUT2D eigenvalue weighted by molar-refractivity contribution is 14.0. The summed E-state index contributed by atoms with van der Waals surface area (Å²) in [4.78, 5) is 4.12. The summed E-state index contributed by atoms with van der Waals surface area (Å²) < 4.78 is 32.2. The lowest BCUT2D eigenvalue weighted by Crippen LogP contribution is -2.37. The van der Waals surface area contributed by atoms with Gasteiger partial charge in [0.05, 0.1) is 6.61 Å². The minimum absolute atomic E-state index is 0. The second-order valence-corrected chi connectivity index (χ2v) is 5.43. The maximum atomic E-state index is 13.8. The largest absolute Gasteiger partial charge is 0.491 e. The zero-order chi connectivity index (χ0) is 18.1. The summed E-state index contributed by atoms with van der Waals surface area (Å²) in [6.07, 6.45) is 0.677. The number of hydrogen-bond donors (Lipinski definition) is 2. The van der Waals surface area contributed by atoms with Crippen LogP contribution in [-0.2, 0) is 13.0 Å². The van der Waals surface area contributed by atoms with Crippen LogP contribution < -0.4 is 15.4 Å². The molecule has 0 spiro atoms. The first kappa shape index (κ1) is 22.1. The molecule has 7 heteroatoms. The lowest BCUT2D eigenvalue weighted by atomic mass is 10.1. The minimum Gasteiger partial charge on any atom is -0.491 e. The number of ether oxygens (including phenoxy) is 1. The molecule has 142 valence electrons. The van der Waals surface area contributed by atoms with Gasteiger partial charge in [-0.05, 0) is 48.7 Å². The lowest BCUT2D eigenvalue weighted by molar-refractivity contribution is 0.321. The van der Waals surface area contributed by atoms with Crippen molar-refractivity contribution in [2.45, 2.75) is 19.9 Å². The molecule has 4 nitrogen and oxygen atoms in total. The fourth-order valence-corrected chi connectivity index (χ4v) is 2.35. The van der Waals surface area contributed by atoms with Crippen molar-refractivity contribution in [2.24, 2.45) is 4.99 Å². The van der Waals surface area contributed by atoms with Crippen molar-refractivity contribution in [3.05, 3.63) is 65.2 Å². The minimum atomic E-state index is -0.379. The van der Waals surface area contributed by atoms with Gasteiger partial charge in [-0.2, -0.15) is 0 Å². The number of aliphatic imine (C=N–C) groups is 1. The number of hydrogen-bond acceptors (Lipinski definition) is 2. The molecular weight excluding hydrogens is 451 g/mol. The Hall–Kier alpha value is -1.90. The molecule has 0 saturated heterocycles. The predicted molar refractivity (Wildman–Crippen MR) is 111 cm³/mol. The lowest BCUT2D eigenvalue weighted by Gasteiger charge is -2.13. The molecule has 0 bridgehead atoms. The van der Waals surface area contributed by atoms with Gasteiger partial charge < -0.3 is 15.4 Å². The van der Waals surface area contributed by atoms with E-state index in [1.54, 1.807) is 25.2 Å². The molecule has 0 atom stereocenters. The number of halogens is 3. The van der Waals surface area contributed by atoms with E-state index in [0.717, 1.165) is 11.1 Å². The molecule has 2 N–H and O–H groups in total. The standard InChI is InChI=1S/C19H23F2N3O.HI/c1-3-25-18-8-7-15(12-17(18)21)13-24-19(22-2)23-10-9-14-5-4-6-16(20)11-14;/h4-8,11-12H,3,9-10,13H2,1-2H3,(H2,22,23,24);1H. The fraction of sp³-hybridized carbons (Fsp3) is 0.316. The highest BCUT2D eigenvalue weighted by Gasteiger charge is 2.05. The Morgan fingerprint density at radius 3 is 2.54 bits per heavy atom. The van der Waals surface area contributed by atoms with Gasteiger partial charge in [0.2, 0.25) is 0 Å². The van der Waals surface area contributed by atoms with E-state index in [2.05, 4.69) is 15.6 Å². The van der Waals surface area contributed by atoms with Crippen LogP contribution in [0.25, 0.3) is 0 Å². The quantitative estimate of drug-likeness (QED) is 0.363. The first-order valence-electron chi connectivity index (χ1n) is 8.22. The van der Waals surface area contributed by atoms with E-state index in [1.807, 2.05) is 13.0 Å². The Morgan fingerprint density at radius 1 is 1.08 bits per heavy atom. The highest BCUT2D eigenvalue weighted by Crippen LogP contribution is 2.18. The van der Waals surface area contributed by atoms with Gasteiger partial charge in [-0.25, -0.2) is 8.78 Å². The van der Waals surface area contributed by atoms with Gasteiger partial charge in [0, 0.05) is 20.1 Å². The average Bonchev–Trinajstić information content (AvgIpc) is 2.60. The molecule has 0 heterocycles. The van der Waals surface area contributed by atoms with Crippen molar-refractivity contribution >= 4 is 29.9 Å². The molecule has 2 aromatic rings. The molecule has 26 heavy (non-hydrogen) atoms. The Kier molecular flexibility index (Phi) is 9.93. The average molecular weight is 475 g/mol. The van der Waals surface area contributed by atoms with Crippen LogP contribution in [0.2, 0.25) is 0 Å². The third-order valence-corrected chi connectivity index (χ3v) is 3.57. The first-order valence-corrected chi connectivity index (χ1v) is 8.22. The van der Waals surface area contributed by atoms with Crippen LogP contribution in [0.3, 0.4) is 0 Å². The zero-order valence-electron chi connectivity index (χ0n) is 14.9. The summed E-state index contributed by atoms with van der Waals surface area (Å²) >= 11 is 0. The Bertz CT molecular complexity index is 726. The second kappa shape index (κ2) is 11.7. The summed E-state index contributed by atoms with van der Waals surface area (Å²) in [7, 11) is 1.66. The van der Waals surface area contributed by atoms with Crippen molar-refractivity contribution in [1.82, 2.24) is 10.6 Å². The summed E-state index contributed by atoms with van der Waals surface area (Å²) in [6, 6.07) is 11.4. The van der Waals surface area contributed by atoms with Gasteiger partial charge in [-0.1, -0.05) is 18.2 Å². The van der Waals surface area contributed by atoms with Crippen molar-refractivity contribution in [3.63, 3.8) is 0 Å². The van der Waals surface area contributed by atoms with Gasteiger partial charge >= 0.3 is 0 Å².